The molecule has 1 aromatic heterocycles. The summed E-state index contributed by atoms with van der Waals surface area (Å²) >= 11 is 5.80. The number of halogens is 1. The number of aromatic nitrogens is 2. The first-order valence-electron chi connectivity index (χ1n) is 8.09. The summed E-state index contributed by atoms with van der Waals surface area (Å²) < 4.78 is 27.3. The third-order valence-electron chi connectivity index (χ3n) is 4.33. The summed E-state index contributed by atoms with van der Waals surface area (Å²) in [6.07, 6.45) is 2.44. The van der Waals surface area contributed by atoms with Crippen LogP contribution in [-0.2, 0) is 16.6 Å². The number of Topliss-reactive ketones (excluding diaryl/α,β-unsaturated/α-hetero) is 1. The summed E-state index contributed by atoms with van der Waals surface area (Å²) in [6.45, 7) is 3.40. The second-order valence-corrected chi connectivity index (χ2v) is 8.44. The van der Waals surface area contributed by atoms with E-state index >= 15 is 0 Å². The summed E-state index contributed by atoms with van der Waals surface area (Å²) in [6, 6.07) is 10.9. The average molecular weight is 405 g/mol. The summed E-state index contributed by atoms with van der Waals surface area (Å²) in [5, 5.41) is 0.495. The number of carbonyl (C=O) groups is 1. The fraction of sp³-hybridized carbons (Fsp3) is 0.158. The van der Waals surface area contributed by atoms with E-state index in [0.717, 1.165) is 21.9 Å². The molecule has 0 N–H and O–H groups in total. The van der Waals surface area contributed by atoms with Gasteiger partial charge in [0.25, 0.3) is 10.0 Å². The second kappa shape index (κ2) is 7.17. The monoisotopic (exact) mass is 404 g/mol. The first-order valence-corrected chi connectivity index (χ1v) is 9.91. The zero-order valence-electron chi connectivity index (χ0n) is 14.7. The van der Waals surface area contributed by atoms with Crippen molar-refractivity contribution >= 4 is 27.4 Å². The number of nitrogens with zero attached hydrogens (tertiary/aromatic N) is 2. The van der Waals surface area contributed by atoms with Crippen LogP contribution in [0.4, 0.5) is 0 Å². The number of carbonyl (C=O) groups excluding carboxylic acids is 1. The summed E-state index contributed by atoms with van der Waals surface area (Å²) in [5.41, 5.74) is 1.35. The van der Waals surface area contributed by atoms with Crippen LogP contribution >= 0.6 is 11.6 Å². The van der Waals surface area contributed by atoms with Crippen molar-refractivity contribution < 1.29 is 13.2 Å². The van der Waals surface area contributed by atoms with Crippen LogP contribution < -0.4 is 5.69 Å². The molecule has 3 rings (SSSR count). The Morgan fingerprint density at radius 2 is 1.67 bits per heavy atom. The van der Waals surface area contributed by atoms with E-state index in [4.69, 9.17) is 11.6 Å². The largest absolute Gasteiger partial charge is 0.342 e. The lowest BCUT2D eigenvalue weighted by atomic mass is 10.1. The number of ketones is 1. The Morgan fingerprint density at radius 1 is 1.00 bits per heavy atom. The van der Waals surface area contributed by atoms with Gasteiger partial charge in [0.05, 0.1) is 11.4 Å². The van der Waals surface area contributed by atoms with Gasteiger partial charge in [0.15, 0.2) is 5.78 Å². The van der Waals surface area contributed by atoms with Crippen molar-refractivity contribution in [3.63, 3.8) is 0 Å². The summed E-state index contributed by atoms with van der Waals surface area (Å²) in [7, 11) is -4.04. The van der Waals surface area contributed by atoms with Gasteiger partial charge in [0.1, 0.15) is 0 Å². The quantitative estimate of drug-likeness (QED) is 0.612. The molecule has 3 aromatic rings. The van der Waals surface area contributed by atoms with Gasteiger partial charge in [-0.25, -0.2) is 13.2 Å². The highest BCUT2D eigenvalue weighted by Crippen LogP contribution is 2.17. The van der Waals surface area contributed by atoms with Gasteiger partial charge in [-0.15, -0.1) is 0 Å². The number of aryl methyl sites for hydroxylation is 2. The van der Waals surface area contributed by atoms with E-state index < -0.39 is 15.7 Å². The Labute approximate surface area is 161 Å². The molecule has 2 aromatic carbocycles. The zero-order valence-corrected chi connectivity index (χ0v) is 16.3. The van der Waals surface area contributed by atoms with Crippen LogP contribution in [0.1, 0.15) is 21.5 Å². The SMILES string of the molecule is Cc1ccc(S(=O)(=O)n2ccn(CC(=O)c3ccc(Cl)cc3)c2=O)cc1C. The lowest BCUT2D eigenvalue weighted by molar-refractivity contribution is 0.0971. The normalized spacial score (nSPS) is 11.5. The average Bonchev–Trinajstić information content (AvgIpc) is 2.99. The molecule has 1 heterocycles. The number of benzene rings is 2. The van der Waals surface area contributed by atoms with Gasteiger partial charge in [0, 0.05) is 23.0 Å². The highest BCUT2D eigenvalue weighted by atomic mass is 35.5. The van der Waals surface area contributed by atoms with Crippen molar-refractivity contribution in [1.82, 2.24) is 8.54 Å². The molecule has 0 atom stereocenters. The van der Waals surface area contributed by atoms with Crippen LogP contribution in [0.5, 0.6) is 0 Å². The lowest BCUT2D eigenvalue weighted by Crippen LogP contribution is -2.31. The van der Waals surface area contributed by atoms with Crippen LogP contribution in [0.15, 0.2) is 64.5 Å². The van der Waals surface area contributed by atoms with Crippen molar-refractivity contribution in [1.29, 1.82) is 0 Å². The van der Waals surface area contributed by atoms with Crippen molar-refractivity contribution in [2.24, 2.45) is 0 Å². The van der Waals surface area contributed by atoms with E-state index in [1.165, 1.54) is 18.3 Å². The number of rotatable bonds is 5. The number of hydrogen-bond donors (Lipinski definition) is 0. The minimum Gasteiger partial charge on any atom is -0.292 e. The summed E-state index contributed by atoms with van der Waals surface area (Å²) in [5.74, 6) is -0.324. The maximum absolute atomic E-state index is 12.8. The molecule has 140 valence electrons. The molecule has 27 heavy (non-hydrogen) atoms. The molecule has 6 nitrogen and oxygen atoms in total. The molecule has 0 aliphatic rings. The molecule has 0 spiro atoms. The molecule has 0 aliphatic heterocycles. The maximum Gasteiger partial charge on any atom is 0.342 e. The molecular weight excluding hydrogens is 388 g/mol. The van der Waals surface area contributed by atoms with E-state index in [1.807, 2.05) is 6.92 Å². The molecule has 0 saturated carbocycles. The Balaban J connectivity index is 1.92. The predicted molar refractivity (Wildman–Crippen MR) is 103 cm³/mol. The van der Waals surface area contributed by atoms with Crippen molar-refractivity contribution in [3.05, 3.63) is 87.1 Å². The fourth-order valence-electron chi connectivity index (χ4n) is 2.57. The van der Waals surface area contributed by atoms with E-state index in [1.54, 1.807) is 37.3 Å². The van der Waals surface area contributed by atoms with E-state index in [2.05, 4.69) is 0 Å². The Morgan fingerprint density at radius 3 is 2.30 bits per heavy atom. The van der Waals surface area contributed by atoms with Gasteiger partial charge < -0.3 is 0 Å². The van der Waals surface area contributed by atoms with Crippen LogP contribution in [0.25, 0.3) is 0 Å². The van der Waals surface area contributed by atoms with Crippen LogP contribution in [0.3, 0.4) is 0 Å². The van der Waals surface area contributed by atoms with Gasteiger partial charge >= 0.3 is 5.69 Å². The first-order chi connectivity index (χ1) is 12.7. The zero-order chi connectivity index (χ0) is 19.8. The van der Waals surface area contributed by atoms with E-state index in [9.17, 15) is 18.0 Å². The van der Waals surface area contributed by atoms with Crippen molar-refractivity contribution in [2.45, 2.75) is 25.3 Å². The molecule has 0 aliphatic carbocycles. The fourth-order valence-corrected chi connectivity index (χ4v) is 4.01. The number of imidazole rings is 1. The Hall–Kier alpha value is -2.64. The lowest BCUT2D eigenvalue weighted by Gasteiger charge is -2.07. The topological polar surface area (TPSA) is 78.1 Å². The smallest absolute Gasteiger partial charge is 0.292 e. The van der Waals surface area contributed by atoms with Gasteiger partial charge in [-0.1, -0.05) is 17.7 Å². The molecule has 0 bridgehead atoms. The molecule has 0 fully saturated rings. The maximum atomic E-state index is 12.8. The molecule has 8 heteroatoms. The minimum absolute atomic E-state index is 0.0227. The highest BCUT2D eigenvalue weighted by molar-refractivity contribution is 7.90. The van der Waals surface area contributed by atoms with Crippen LogP contribution in [0.2, 0.25) is 5.02 Å². The van der Waals surface area contributed by atoms with Gasteiger partial charge in [-0.2, -0.15) is 3.97 Å². The minimum atomic E-state index is -4.04. The molecule has 0 saturated heterocycles. The second-order valence-electron chi connectivity index (χ2n) is 6.19. The van der Waals surface area contributed by atoms with Gasteiger partial charge in [-0.05, 0) is 61.4 Å². The van der Waals surface area contributed by atoms with E-state index in [-0.39, 0.29) is 17.2 Å². The van der Waals surface area contributed by atoms with Crippen molar-refractivity contribution in [2.75, 3.05) is 0 Å². The third-order valence-corrected chi connectivity index (χ3v) is 6.23. The van der Waals surface area contributed by atoms with Crippen LogP contribution in [0, 0.1) is 13.8 Å². The molecule has 0 amide bonds. The van der Waals surface area contributed by atoms with Gasteiger partial charge in [-0.3, -0.25) is 9.36 Å². The molecular formula is C19H17ClN2O4S. The molecule has 0 unspecified atom stereocenters. The highest BCUT2D eigenvalue weighted by Gasteiger charge is 2.21. The number of hydrogen-bond acceptors (Lipinski definition) is 4. The predicted octanol–water partition coefficient (Wildman–Crippen LogP) is 3.04. The Bertz CT molecular complexity index is 1180. The van der Waals surface area contributed by atoms with E-state index in [0.29, 0.717) is 14.6 Å². The van der Waals surface area contributed by atoms with Crippen molar-refractivity contribution in [3.8, 4) is 0 Å². The molecule has 0 radical (unpaired) electrons. The standard InChI is InChI=1S/C19H17ClN2O4S/c1-13-3-8-17(11-14(13)2)27(25,26)22-10-9-21(19(22)24)12-18(23)15-4-6-16(20)7-5-15/h3-11H,12H2,1-2H3. The summed E-state index contributed by atoms with van der Waals surface area (Å²) in [4.78, 5) is 24.9. The van der Waals surface area contributed by atoms with Gasteiger partial charge in [0.2, 0.25) is 0 Å². The third kappa shape index (κ3) is 3.74. The Kier molecular flexibility index (Phi) is 5.08. The van der Waals surface area contributed by atoms with Crippen LogP contribution in [-0.4, -0.2) is 22.7 Å². The first kappa shape index (κ1) is 19.1.